The molecule has 0 saturated heterocycles. The van der Waals surface area contributed by atoms with Crippen LogP contribution in [0.5, 0.6) is 5.75 Å². The zero-order valence-corrected chi connectivity index (χ0v) is 13.9. The zero-order chi connectivity index (χ0) is 17.3. The molecule has 0 N–H and O–H groups in total. The van der Waals surface area contributed by atoms with E-state index in [0.717, 1.165) is 29.5 Å². The summed E-state index contributed by atoms with van der Waals surface area (Å²) in [6, 6.07) is 11.3. The van der Waals surface area contributed by atoms with Gasteiger partial charge in [0.2, 0.25) is 0 Å². The average molecular weight is 322 g/mol. The Bertz CT molecular complexity index is 1010. The van der Waals surface area contributed by atoms with Crippen molar-refractivity contribution in [2.75, 3.05) is 25.1 Å². The summed E-state index contributed by atoms with van der Waals surface area (Å²) in [6.45, 7) is 5.72. The van der Waals surface area contributed by atoms with E-state index in [2.05, 4.69) is 18.7 Å². The van der Waals surface area contributed by atoms with E-state index in [9.17, 15) is 4.79 Å². The van der Waals surface area contributed by atoms with Crippen molar-refractivity contribution < 1.29 is 9.15 Å². The van der Waals surface area contributed by atoms with Gasteiger partial charge in [0.05, 0.1) is 12.8 Å². The molecule has 5 heteroatoms. The first-order chi connectivity index (χ1) is 11.7. The van der Waals surface area contributed by atoms with E-state index in [0.29, 0.717) is 16.7 Å². The summed E-state index contributed by atoms with van der Waals surface area (Å²) in [5.41, 5.74) is 0.620. The van der Waals surface area contributed by atoms with Crippen LogP contribution in [0.4, 0.5) is 5.69 Å². The maximum atomic E-state index is 12.0. The number of anilines is 1. The Morgan fingerprint density at radius 3 is 2.42 bits per heavy atom. The molecule has 0 aliphatic heterocycles. The highest BCUT2D eigenvalue weighted by Crippen LogP contribution is 2.43. The lowest BCUT2D eigenvalue weighted by Crippen LogP contribution is -2.23. The third kappa shape index (κ3) is 2.28. The minimum atomic E-state index is -0.649. The van der Waals surface area contributed by atoms with Gasteiger partial charge in [0.1, 0.15) is 11.6 Å². The van der Waals surface area contributed by atoms with Gasteiger partial charge >= 0.3 is 5.63 Å². The van der Waals surface area contributed by atoms with Crippen LogP contribution in [0.15, 0.2) is 39.5 Å². The Hall–Kier alpha value is -3.00. The van der Waals surface area contributed by atoms with Gasteiger partial charge in [-0.2, -0.15) is 5.26 Å². The fourth-order valence-corrected chi connectivity index (χ4v) is 3.12. The molecule has 1 aromatic heterocycles. The molecule has 24 heavy (non-hydrogen) atoms. The second-order valence-corrected chi connectivity index (χ2v) is 5.40. The molecule has 3 rings (SSSR count). The van der Waals surface area contributed by atoms with Gasteiger partial charge in [-0.25, -0.2) is 4.79 Å². The first-order valence-electron chi connectivity index (χ1n) is 7.87. The lowest BCUT2D eigenvalue weighted by Gasteiger charge is -2.26. The van der Waals surface area contributed by atoms with Crippen molar-refractivity contribution in [1.82, 2.24) is 0 Å². The number of fused-ring (bicyclic) bond motifs is 3. The predicted molar refractivity (Wildman–Crippen MR) is 94.8 cm³/mol. The summed E-state index contributed by atoms with van der Waals surface area (Å²) in [5, 5.41) is 11.8. The predicted octanol–water partition coefficient (Wildman–Crippen LogP) is 3.67. The molecule has 0 unspecified atom stereocenters. The Kier molecular flexibility index (Phi) is 4.13. The second kappa shape index (κ2) is 6.25. The van der Waals surface area contributed by atoms with Crippen LogP contribution in [0.25, 0.3) is 21.7 Å². The quantitative estimate of drug-likeness (QED) is 0.541. The van der Waals surface area contributed by atoms with Crippen LogP contribution in [-0.2, 0) is 0 Å². The van der Waals surface area contributed by atoms with Gasteiger partial charge in [-0.3, -0.25) is 0 Å². The third-order valence-electron chi connectivity index (χ3n) is 4.25. The smallest absolute Gasteiger partial charge is 0.354 e. The summed E-state index contributed by atoms with van der Waals surface area (Å²) in [5.74, 6) is 0.522. The van der Waals surface area contributed by atoms with Crippen LogP contribution in [0.3, 0.4) is 0 Å². The molecule has 0 amide bonds. The minimum Gasteiger partial charge on any atom is -0.491 e. The number of methoxy groups -OCH3 is 1. The number of nitriles is 1. The van der Waals surface area contributed by atoms with Crippen LogP contribution in [0.2, 0.25) is 0 Å². The summed E-state index contributed by atoms with van der Waals surface area (Å²) < 4.78 is 11.1. The van der Waals surface area contributed by atoms with Crippen molar-refractivity contribution in [2.45, 2.75) is 13.8 Å². The molecule has 0 radical (unpaired) electrons. The fraction of sp³-hybridized carbons (Fsp3) is 0.263. The lowest BCUT2D eigenvalue weighted by atomic mass is 10.0. The van der Waals surface area contributed by atoms with Gasteiger partial charge in [-0.15, -0.1) is 0 Å². The van der Waals surface area contributed by atoms with Gasteiger partial charge in [-0.05, 0) is 25.3 Å². The van der Waals surface area contributed by atoms with Crippen LogP contribution >= 0.6 is 0 Å². The van der Waals surface area contributed by atoms with Crippen molar-refractivity contribution in [3.05, 3.63) is 46.3 Å². The molecule has 0 atom stereocenters. The van der Waals surface area contributed by atoms with Gasteiger partial charge < -0.3 is 14.1 Å². The number of nitrogens with zero attached hydrogens (tertiary/aromatic N) is 2. The van der Waals surface area contributed by atoms with Crippen molar-refractivity contribution in [1.29, 1.82) is 5.26 Å². The van der Waals surface area contributed by atoms with E-state index in [1.807, 2.05) is 30.3 Å². The Morgan fingerprint density at radius 2 is 1.83 bits per heavy atom. The number of rotatable bonds is 4. The standard InChI is InChI=1S/C19H18N2O3/c1-4-21(5-2)16-14-9-7-6-8-13(14)15-10-12(11-20)19(22)24-17(15)18(16)23-3/h6-10H,4-5H2,1-3H3. The molecule has 0 aliphatic carbocycles. The summed E-state index contributed by atoms with van der Waals surface area (Å²) in [7, 11) is 1.56. The maximum absolute atomic E-state index is 12.0. The summed E-state index contributed by atoms with van der Waals surface area (Å²) in [6.07, 6.45) is 0. The van der Waals surface area contributed by atoms with E-state index in [4.69, 9.17) is 14.4 Å². The molecule has 0 bridgehead atoms. The fourth-order valence-electron chi connectivity index (χ4n) is 3.12. The third-order valence-corrected chi connectivity index (χ3v) is 4.25. The average Bonchev–Trinajstić information content (AvgIpc) is 2.62. The lowest BCUT2D eigenvalue weighted by molar-refractivity contribution is 0.407. The van der Waals surface area contributed by atoms with E-state index in [1.54, 1.807) is 13.2 Å². The Balaban J connectivity index is 2.59. The van der Waals surface area contributed by atoms with Gasteiger partial charge in [-0.1, -0.05) is 24.3 Å². The molecule has 0 spiro atoms. The summed E-state index contributed by atoms with van der Waals surface area (Å²) in [4.78, 5) is 14.2. The van der Waals surface area contributed by atoms with Gasteiger partial charge in [0, 0.05) is 23.9 Å². The van der Waals surface area contributed by atoms with Crippen LogP contribution < -0.4 is 15.3 Å². The van der Waals surface area contributed by atoms with Crippen LogP contribution in [-0.4, -0.2) is 20.2 Å². The molecular formula is C19H18N2O3. The van der Waals surface area contributed by atoms with Gasteiger partial charge in [0.25, 0.3) is 0 Å². The highest BCUT2D eigenvalue weighted by molar-refractivity contribution is 6.15. The molecule has 5 nitrogen and oxygen atoms in total. The highest BCUT2D eigenvalue weighted by Gasteiger charge is 2.21. The van der Waals surface area contributed by atoms with Crippen molar-refractivity contribution in [2.24, 2.45) is 0 Å². The van der Waals surface area contributed by atoms with Crippen molar-refractivity contribution >= 4 is 27.4 Å². The van der Waals surface area contributed by atoms with E-state index >= 15 is 0 Å². The first-order valence-corrected chi connectivity index (χ1v) is 7.87. The molecule has 0 saturated carbocycles. The molecule has 0 aliphatic rings. The van der Waals surface area contributed by atoms with Gasteiger partial charge in [0.15, 0.2) is 11.3 Å². The molecule has 122 valence electrons. The molecule has 1 heterocycles. The largest absolute Gasteiger partial charge is 0.491 e. The van der Waals surface area contributed by atoms with E-state index < -0.39 is 5.63 Å². The van der Waals surface area contributed by atoms with Crippen LogP contribution in [0, 0.1) is 11.3 Å². The SMILES string of the molecule is CCN(CC)c1c(OC)c2oc(=O)c(C#N)cc2c2ccccc12. The first kappa shape index (κ1) is 15.9. The number of hydrogen-bond acceptors (Lipinski definition) is 5. The number of ether oxygens (including phenoxy) is 1. The topological polar surface area (TPSA) is 66.5 Å². The second-order valence-electron chi connectivity index (χ2n) is 5.40. The van der Waals surface area contributed by atoms with E-state index in [1.165, 1.54) is 0 Å². The maximum Gasteiger partial charge on any atom is 0.354 e. The number of hydrogen-bond donors (Lipinski definition) is 0. The number of benzene rings is 2. The van der Waals surface area contributed by atoms with Crippen molar-refractivity contribution in [3.63, 3.8) is 0 Å². The zero-order valence-electron chi connectivity index (χ0n) is 13.9. The molecule has 2 aromatic carbocycles. The summed E-state index contributed by atoms with van der Waals surface area (Å²) >= 11 is 0. The van der Waals surface area contributed by atoms with E-state index in [-0.39, 0.29) is 5.56 Å². The molecule has 3 aromatic rings. The monoisotopic (exact) mass is 322 g/mol. The molecule has 0 fully saturated rings. The normalized spacial score (nSPS) is 10.8. The Labute approximate surface area is 139 Å². The highest BCUT2D eigenvalue weighted by atomic mass is 16.5. The Morgan fingerprint density at radius 1 is 1.17 bits per heavy atom. The molecular weight excluding hydrogens is 304 g/mol. The van der Waals surface area contributed by atoms with Crippen molar-refractivity contribution in [3.8, 4) is 11.8 Å². The minimum absolute atomic E-state index is 0.00899. The van der Waals surface area contributed by atoms with Crippen LogP contribution in [0.1, 0.15) is 19.4 Å².